The number of hydrogen-bond donors (Lipinski definition) is 2. The highest BCUT2D eigenvalue weighted by Crippen LogP contribution is 2.13. The van der Waals surface area contributed by atoms with Crippen LogP contribution in [0.25, 0.3) is 0 Å². The molecule has 0 aromatic carbocycles. The number of aryl methyl sites for hydroxylation is 1. The Kier molecular flexibility index (Phi) is 5.99. The SMILES string of the molecule is COCCNS(=O)(=O)c1cc(CNC(C)C)n(C)c1. The number of nitrogens with zero attached hydrogens (tertiary/aromatic N) is 1. The molecule has 0 atom stereocenters. The summed E-state index contributed by atoms with van der Waals surface area (Å²) in [5.41, 5.74) is 0.931. The lowest BCUT2D eigenvalue weighted by molar-refractivity contribution is 0.204. The quantitative estimate of drug-likeness (QED) is 0.682. The van der Waals surface area contributed by atoms with Gasteiger partial charge >= 0.3 is 0 Å². The summed E-state index contributed by atoms with van der Waals surface area (Å²) < 4.78 is 33.2. The highest BCUT2D eigenvalue weighted by atomic mass is 32.2. The first kappa shape index (κ1) is 16.2. The molecule has 0 amide bonds. The lowest BCUT2D eigenvalue weighted by Gasteiger charge is -2.08. The average Bonchev–Trinajstić information content (AvgIpc) is 2.69. The van der Waals surface area contributed by atoms with Crippen molar-refractivity contribution in [3.05, 3.63) is 18.0 Å². The van der Waals surface area contributed by atoms with Crippen LogP contribution in [0.4, 0.5) is 0 Å². The van der Waals surface area contributed by atoms with Crippen molar-refractivity contribution in [2.75, 3.05) is 20.3 Å². The van der Waals surface area contributed by atoms with Gasteiger partial charge in [-0.1, -0.05) is 13.8 Å². The molecule has 1 rings (SSSR count). The molecule has 1 aromatic rings. The summed E-state index contributed by atoms with van der Waals surface area (Å²) in [6, 6.07) is 2.04. The Morgan fingerprint density at radius 2 is 2.11 bits per heavy atom. The van der Waals surface area contributed by atoms with Gasteiger partial charge in [0.25, 0.3) is 0 Å². The zero-order chi connectivity index (χ0) is 14.5. The number of nitrogens with one attached hydrogen (secondary N) is 2. The number of rotatable bonds is 8. The molecule has 110 valence electrons. The Balaban J connectivity index is 2.76. The normalized spacial score (nSPS) is 12.3. The van der Waals surface area contributed by atoms with Crippen molar-refractivity contribution >= 4 is 10.0 Å². The minimum absolute atomic E-state index is 0.271. The second kappa shape index (κ2) is 7.04. The second-order valence-corrected chi connectivity index (χ2v) is 6.47. The largest absolute Gasteiger partial charge is 0.383 e. The van der Waals surface area contributed by atoms with E-state index in [1.807, 2.05) is 25.5 Å². The fraction of sp³-hybridized carbons (Fsp3) is 0.667. The lowest BCUT2D eigenvalue weighted by Crippen LogP contribution is -2.26. The van der Waals surface area contributed by atoms with E-state index in [4.69, 9.17) is 4.74 Å². The third-order valence-corrected chi connectivity index (χ3v) is 4.11. The molecule has 0 radical (unpaired) electrons. The second-order valence-electron chi connectivity index (χ2n) is 4.70. The maximum atomic E-state index is 12.0. The Bertz CT molecular complexity index is 494. The zero-order valence-electron chi connectivity index (χ0n) is 11.9. The molecule has 0 aliphatic rings. The summed E-state index contributed by atoms with van der Waals surface area (Å²) in [6.45, 7) is 5.36. The molecule has 0 saturated carbocycles. The Hall–Kier alpha value is -0.890. The van der Waals surface area contributed by atoms with E-state index in [2.05, 4.69) is 10.0 Å². The number of methoxy groups -OCH3 is 1. The molecule has 1 heterocycles. The molecule has 0 unspecified atom stereocenters. The predicted molar refractivity (Wildman–Crippen MR) is 74.5 cm³/mol. The first-order chi connectivity index (χ1) is 8.86. The van der Waals surface area contributed by atoms with Crippen molar-refractivity contribution < 1.29 is 13.2 Å². The first-order valence-electron chi connectivity index (χ1n) is 6.24. The minimum Gasteiger partial charge on any atom is -0.383 e. The van der Waals surface area contributed by atoms with E-state index in [1.54, 1.807) is 12.3 Å². The predicted octanol–water partition coefficient (Wildman–Crippen LogP) is 0.448. The van der Waals surface area contributed by atoms with Gasteiger partial charge in [0.05, 0.1) is 11.5 Å². The topological polar surface area (TPSA) is 72.4 Å². The molecule has 0 aliphatic carbocycles. The van der Waals surface area contributed by atoms with Gasteiger partial charge in [0.15, 0.2) is 0 Å². The molecule has 0 aliphatic heterocycles. The Morgan fingerprint density at radius 1 is 1.42 bits per heavy atom. The Morgan fingerprint density at radius 3 is 2.68 bits per heavy atom. The zero-order valence-corrected chi connectivity index (χ0v) is 12.8. The standard InChI is InChI=1S/C12H23N3O3S/c1-10(2)13-8-11-7-12(9-15(11)3)19(16,17)14-5-6-18-4/h7,9-10,13-14H,5-6,8H2,1-4H3. The van der Waals surface area contributed by atoms with Gasteiger partial charge in [-0.2, -0.15) is 0 Å². The smallest absolute Gasteiger partial charge is 0.242 e. The summed E-state index contributed by atoms with van der Waals surface area (Å²) >= 11 is 0. The first-order valence-corrected chi connectivity index (χ1v) is 7.72. The van der Waals surface area contributed by atoms with Crippen LogP contribution in [0.2, 0.25) is 0 Å². The van der Waals surface area contributed by atoms with Gasteiger partial charge in [0, 0.05) is 45.2 Å². The molecule has 0 fully saturated rings. The number of ether oxygens (including phenoxy) is 1. The van der Waals surface area contributed by atoms with E-state index in [0.717, 1.165) is 5.69 Å². The fourth-order valence-electron chi connectivity index (χ4n) is 1.57. The molecule has 2 N–H and O–H groups in total. The van der Waals surface area contributed by atoms with Gasteiger partial charge in [-0.05, 0) is 6.07 Å². The molecule has 7 heteroatoms. The van der Waals surface area contributed by atoms with Gasteiger partial charge in [-0.25, -0.2) is 13.1 Å². The van der Waals surface area contributed by atoms with Crippen LogP contribution in [-0.4, -0.2) is 39.3 Å². The van der Waals surface area contributed by atoms with Gasteiger partial charge in [-0.3, -0.25) is 0 Å². The van der Waals surface area contributed by atoms with Gasteiger partial charge in [-0.15, -0.1) is 0 Å². The van der Waals surface area contributed by atoms with Crippen LogP contribution in [-0.2, 0) is 28.4 Å². The van der Waals surface area contributed by atoms with E-state index in [-0.39, 0.29) is 11.4 Å². The van der Waals surface area contributed by atoms with Crippen LogP contribution in [0.3, 0.4) is 0 Å². The maximum absolute atomic E-state index is 12.0. The highest BCUT2D eigenvalue weighted by Gasteiger charge is 2.16. The highest BCUT2D eigenvalue weighted by molar-refractivity contribution is 7.89. The summed E-state index contributed by atoms with van der Waals surface area (Å²) in [6.07, 6.45) is 1.62. The third kappa shape index (κ3) is 4.94. The van der Waals surface area contributed by atoms with E-state index in [1.165, 1.54) is 7.11 Å². The summed E-state index contributed by atoms with van der Waals surface area (Å²) in [4.78, 5) is 0.284. The van der Waals surface area contributed by atoms with Gasteiger partial charge in [0.1, 0.15) is 0 Å². The van der Waals surface area contributed by atoms with Crippen LogP contribution in [0, 0.1) is 0 Å². The molecule has 6 nitrogen and oxygen atoms in total. The van der Waals surface area contributed by atoms with Crippen molar-refractivity contribution in [2.45, 2.75) is 31.3 Å². The summed E-state index contributed by atoms with van der Waals surface area (Å²) in [5, 5.41) is 3.26. The van der Waals surface area contributed by atoms with Crippen LogP contribution in [0.5, 0.6) is 0 Å². The molecule has 0 saturated heterocycles. The molecule has 19 heavy (non-hydrogen) atoms. The van der Waals surface area contributed by atoms with Gasteiger partial charge < -0.3 is 14.6 Å². The molecular formula is C12H23N3O3S. The summed E-state index contributed by atoms with van der Waals surface area (Å²) in [5.74, 6) is 0. The van der Waals surface area contributed by atoms with Gasteiger partial charge in [0.2, 0.25) is 10.0 Å². The molecule has 0 bridgehead atoms. The van der Waals surface area contributed by atoms with Crippen LogP contribution >= 0.6 is 0 Å². The van der Waals surface area contributed by atoms with Crippen molar-refractivity contribution in [2.24, 2.45) is 7.05 Å². The van der Waals surface area contributed by atoms with Crippen LogP contribution in [0.15, 0.2) is 17.2 Å². The monoisotopic (exact) mass is 289 g/mol. The third-order valence-electron chi connectivity index (χ3n) is 2.68. The summed E-state index contributed by atoms with van der Waals surface area (Å²) in [7, 11) is -0.0783. The number of aromatic nitrogens is 1. The van der Waals surface area contributed by atoms with Crippen LogP contribution < -0.4 is 10.0 Å². The molecular weight excluding hydrogens is 266 g/mol. The number of sulfonamides is 1. The fourth-order valence-corrected chi connectivity index (χ4v) is 2.68. The maximum Gasteiger partial charge on any atom is 0.242 e. The van der Waals surface area contributed by atoms with Crippen molar-refractivity contribution in [3.8, 4) is 0 Å². The van der Waals surface area contributed by atoms with E-state index < -0.39 is 10.0 Å². The molecule has 1 aromatic heterocycles. The average molecular weight is 289 g/mol. The van der Waals surface area contributed by atoms with Crippen LogP contribution in [0.1, 0.15) is 19.5 Å². The van der Waals surface area contributed by atoms with Crippen molar-refractivity contribution in [3.63, 3.8) is 0 Å². The van der Waals surface area contributed by atoms with E-state index >= 15 is 0 Å². The van der Waals surface area contributed by atoms with Crippen molar-refractivity contribution in [1.29, 1.82) is 0 Å². The Labute approximate surface area is 115 Å². The van der Waals surface area contributed by atoms with E-state index in [9.17, 15) is 8.42 Å². The van der Waals surface area contributed by atoms with Crippen molar-refractivity contribution in [1.82, 2.24) is 14.6 Å². The lowest BCUT2D eigenvalue weighted by atomic mass is 10.3. The molecule has 0 spiro atoms. The minimum atomic E-state index is -3.45. The van der Waals surface area contributed by atoms with E-state index in [0.29, 0.717) is 19.2 Å². The number of hydrogen-bond acceptors (Lipinski definition) is 4.